The normalized spacial score (nSPS) is 19.1. The monoisotopic (exact) mass is 414 g/mol. The van der Waals surface area contributed by atoms with Gasteiger partial charge in [-0.1, -0.05) is 19.8 Å². The van der Waals surface area contributed by atoms with Crippen LogP contribution in [0.25, 0.3) is 0 Å². The Morgan fingerprint density at radius 3 is 1.93 bits per heavy atom. The zero-order valence-electron chi connectivity index (χ0n) is 15.6. The summed E-state index contributed by atoms with van der Waals surface area (Å²) in [6.45, 7) is 2.48. The third-order valence-corrected chi connectivity index (χ3v) is 5.01. The number of hydrogen-bond donors (Lipinski definition) is 0. The van der Waals surface area contributed by atoms with E-state index in [0.717, 1.165) is 37.8 Å². The smallest absolute Gasteiger partial charge is 0.349 e. The maximum atomic E-state index is 14.3. The van der Waals surface area contributed by atoms with Crippen LogP contribution in [0.3, 0.4) is 0 Å². The molecule has 3 rings (SSSR count). The first-order chi connectivity index (χ1) is 13.7. The summed E-state index contributed by atoms with van der Waals surface area (Å²) in [6.07, 6.45) is 4.10. The van der Waals surface area contributed by atoms with E-state index in [1.165, 1.54) is 0 Å². The fraction of sp³-hybridized carbons (Fsp3) is 0.381. The van der Waals surface area contributed by atoms with Crippen LogP contribution in [0.1, 0.15) is 43.0 Å². The van der Waals surface area contributed by atoms with Crippen molar-refractivity contribution in [2.75, 3.05) is 6.61 Å². The summed E-state index contributed by atoms with van der Waals surface area (Å²) in [6, 6.07) is 2.48. The number of rotatable bonds is 5. The summed E-state index contributed by atoms with van der Waals surface area (Å²) in [7, 11) is 0. The number of ether oxygens (including phenoxy) is 2. The molecule has 8 heteroatoms. The zero-order chi connectivity index (χ0) is 21.1. The Morgan fingerprint density at radius 1 is 0.862 bits per heavy atom. The van der Waals surface area contributed by atoms with Crippen molar-refractivity contribution >= 4 is 5.97 Å². The van der Waals surface area contributed by atoms with E-state index in [1.54, 1.807) is 0 Å². The van der Waals surface area contributed by atoms with E-state index in [-0.39, 0.29) is 5.75 Å². The van der Waals surface area contributed by atoms with Crippen molar-refractivity contribution < 1.29 is 36.2 Å². The minimum atomic E-state index is -1.75. The minimum absolute atomic E-state index is 0.0750. The number of hydrogen-bond acceptors (Lipinski definition) is 3. The van der Waals surface area contributed by atoms with Gasteiger partial charge in [-0.15, -0.1) is 0 Å². The molecular formula is C21H19F5O3. The minimum Gasteiger partial charge on any atom is -0.493 e. The van der Waals surface area contributed by atoms with Crippen LogP contribution >= 0.6 is 0 Å². The average Bonchev–Trinajstić information content (AvgIpc) is 2.65. The van der Waals surface area contributed by atoms with E-state index in [4.69, 9.17) is 4.74 Å². The molecule has 0 aliphatic heterocycles. The molecule has 0 spiro atoms. The molecule has 1 aliphatic rings. The maximum absolute atomic E-state index is 14.3. The van der Waals surface area contributed by atoms with E-state index in [9.17, 15) is 26.7 Å². The molecule has 0 aromatic heterocycles. The van der Waals surface area contributed by atoms with Gasteiger partial charge in [-0.25, -0.2) is 26.7 Å². The predicted molar refractivity (Wildman–Crippen MR) is 94.2 cm³/mol. The average molecular weight is 414 g/mol. The van der Waals surface area contributed by atoms with Crippen LogP contribution in [0.15, 0.2) is 24.3 Å². The van der Waals surface area contributed by atoms with Crippen molar-refractivity contribution in [1.29, 1.82) is 0 Å². The maximum Gasteiger partial charge on any atom is 0.349 e. The number of esters is 1. The van der Waals surface area contributed by atoms with Crippen molar-refractivity contribution in [3.63, 3.8) is 0 Å². The van der Waals surface area contributed by atoms with Crippen molar-refractivity contribution in [3.05, 3.63) is 58.9 Å². The Morgan fingerprint density at radius 2 is 1.38 bits per heavy atom. The topological polar surface area (TPSA) is 35.5 Å². The molecule has 3 nitrogen and oxygen atoms in total. The van der Waals surface area contributed by atoms with Crippen LogP contribution in [0.4, 0.5) is 22.0 Å². The third-order valence-electron chi connectivity index (χ3n) is 5.01. The van der Waals surface area contributed by atoms with Crippen LogP contribution in [0, 0.1) is 40.9 Å². The van der Waals surface area contributed by atoms with Crippen LogP contribution in [-0.4, -0.2) is 12.6 Å². The lowest BCUT2D eigenvalue weighted by Crippen LogP contribution is -2.19. The van der Waals surface area contributed by atoms with Crippen LogP contribution in [0.5, 0.6) is 11.5 Å². The summed E-state index contributed by atoms with van der Waals surface area (Å²) in [5.74, 6) is -8.81. The molecule has 0 radical (unpaired) electrons. The van der Waals surface area contributed by atoms with Crippen molar-refractivity contribution in [1.82, 2.24) is 0 Å². The van der Waals surface area contributed by atoms with Gasteiger partial charge in [-0.2, -0.15) is 0 Å². The zero-order valence-corrected chi connectivity index (χ0v) is 15.6. The Kier molecular flexibility index (Phi) is 6.39. The number of carbonyl (C=O) groups excluding carboxylic acids is 1. The number of carbonyl (C=O) groups is 1. The van der Waals surface area contributed by atoms with Gasteiger partial charge in [-0.3, -0.25) is 0 Å². The second-order valence-corrected chi connectivity index (χ2v) is 7.29. The molecule has 2 aromatic rings. The highest BCUT2D eigenvalue weighted by Crippen LogP contribution is 2.30. The standard InChI is InChI=1S/C21H19F5O3/c1-11-2-4-12(5-3-11)10-28-13-6-15(22)19(16(23)7-13)21(27)29-14-8-17(24)20(26)18(25)9-14/h6-9,11-12H,2-5,10H2,1H3/t11-,12-. The molecule has 2 aromatic carbocycles. The molecule has 0 amide bonds. The molecule has 0 saturated heterocycles. The quantitative estimate of drug-likeness (QED) is 0.268. The van der Waals surface area contributed by atoms with Crippen molar-refractivity contribution in [2.45, 2.75) is 32.6 Å². The summed E-state index contributed by atoms with van der Waals surface area (Å²) < 4.78 is 77.9. The molecule has 0 unspecified atom stereocenters. The van der Waals surface area contributed by atoms with Gasteiger partial charge < -0.3 is 9.47 Å². The highest BCUT2D eigenvalue weighted by molar-refractivity contribution is 5.91. The van der Waals surface area contributed by atoms with Gasteiger partial charge in [0.25, 0.3) is 0 Å². The summed E-state index contributed by atoms with van der Waals surface area (Å²) >= 11 is 0. The van der Waals surface area contributed by atoms with E-state index < -0.39 is 46.4 Å². The van der Waals surface area contributed by atoms with Crippen molar-refractivity contribution in [2.24, 2.45) is 11.8 Å². The first-order valence-corrected chi connectivity index (χ1v) is 9.23. The second-order valence-electron chi connectivity index (χ2n) is 7.29. The summed E-state index contributed by atoms with van der Waals surface area (Å²) in [5, 5.41) is 0. The van der Waals surface area contributed by atoms with Gasteiger partial charge in [0, 0.05) is 24.3 Å². The fourth-order valence-corrected chi connectivity index (χ4v) is 3.29. The van der Waals surface area contributed by atoms with Gasteiger partial charge in [0.1, 0.15) is 28.7 Å². The largest absolute Gasteiger partial charge is 0.493 e. The highest BCUT2D eigenvalue weighted by atomic mass is 19.2. The van der Waals surface area contributed by atoms with E-state index in [1.807, 2.05) is 0 Å². The molecular weight excluding hydrogens is 395 g/mol. The second kappa shape index (κ2) is 8.80. The van der Waals surface area contributed by atoms with Gasteiger partial charge in [0.15, 0.2) is 17.5 Å². The summed E-state index contributed by atoms with van der Waals surface area (Å²) in [4.78, 5) is 12.0. The SMILES string of the molecule is C[C@H]1CC[C@H](COc2cc(F)c(C(=O)Oc3cc(F)c(F)c(F)c3)c(F)c2)CC1. The molecule has 29 heavy (non-hydrogen) atoms. The van der Waals surface area contributed by atoms with Crippen LogP contribution in [0.2, 0.25) is 0 Å². The fourth-order valence-electron chi connectivity index (χ4n) is 3.29. The number of benzene rings is 2. The first kappa shape index (κ1) is 21.1. The van der Waals surface area contributed by atoms with Crippen LogP contribution < -0.4 is 9.47 Å². The molecule has 0 N–H and O–H groups in total. The lowest BCUT2D eigenvalue weighted by molar-refractivity contribution is 0.0723. The third kappa shape index (κ3) is 5.05. The summed E-state index contributed by atoms with van der Waals surface area (Å²) in [5.41, 5.74) is -1.05. The Labute approximate surface area is 164 Å². The molecule has 156 valence electrons. The lowest BCUT2D eigenvalue weighted by atomic mass is 9.83. The van der Waals surface area contributed by atoms with Gasteiger partial charge in [0.2, 0.25) is 0 Å². The lowest BCUT2D eigenvalue weighted by Gasteiger charge is -2.26. The van der Waals surface area contributed by atoms with E-state index in [0.29, 0.717) is 30.6 Å². The predicted octanol–water partition coefficient (Wildman–Crippen LogP) is 5.81. The van der Waals surface area contributed by atoms with Crippen LogP contribution in [-0.2, 0) is 0 Å². The van der Waals surface area contributed by atoms with E-state index in [2.05, 4.69) is 11.7 Å². The molecule has 0 bridgehead atoms. The first-order valence-electron chi connectivity index (χ1n) is 9.23. The van der Waals surface area contributed by atoms with Gasteiger partial charge >= 0.3 is 5.97 Å². The highest BCUT2D eigenvalue weighted by Gasteiger charge is 2.24. The number of halogens is 5. The molecule has 1 fully saturated rings. The Bertz CT molecular complexity index is 861. The molecule has 1 aliphatic carbocycles. The van der Waals surface area contributed by atoms with Gasteiger partial charge in [0.05, 0.1) is 6.61 Å². The Hall–Kier alpha value is -2.64. The Balaban J connectivity index is 1.69. The van der Waals surface area contributed by atoms with Gasteiger partial charge in [-0.05, 0) is 24.7 Å². The van der Waals surface area contributed by atoms with E-state index >= 15 is 0 Å². The molecule has 0 atom stereocenters. The molecule has 0 heterocycles. The van der Waals surface area contributed by atoms with Crippen molar-refractivity contribution in [3.8, 4) is 11.5 Å². The molecule has 1 saturated carbocycles.